The van der Waals surface area contributed by atoms with Crippen molar-refractivity contribution in [2.45, 2.75) is 38.2 Å². The van der Waals surface area contributed by atoms with E-state index in [0.29, 0.717) is 16.7 Å². The van der Waals surface area contributed by atoms with Crippen LogP contribution >= 0.6 is 0 Å². The second-order valence-corrected chi connectivity index (χ2v) is 7.40. The van der Waals surface area contributed by atoms with E-state index in [0.717, 1.165) is 25.7 Å². The molecule has 1 N–H and O–H groups in total. The van der Waals surface area contributed by atoms with E-state index < -0.39 is 11.8 Å². The van der Waals surface area contributed by atoms with E-state index in [9.17, 15) is 9.18 Å². The van der Waals surface area contributed by atoms with Crippen molar-refractivity contribution in [2.24, 2.45) is 0 Å². The van der Waals surface area contributed by atoms with Gasteiger partial charge in [-0.15, -0.1) is 0 Å². The number of carboxylic acids is 1. The topological polar surface area (TPSA) is 93.4 Å². The summed E-state index contributed by atoms with van der Waals surface area (Å²) in [5.74, 6) is -0.652. The molecule has 1 aliphatic rings. The average Bonchev–Trinajstić information content (AvgIpc) is 3.19. The van der Waals surface area contributed by atoms with Crippen molar-refractivity contribution in [1.29, 1.82) is 0 Å². The molecule has 0 atom stereocenters. The first kappa shape index (κ1) is 19.1. The molecule has 2 aromatic heterocycles. The van der Waals surface area contributed by atoms with E-state index in [2.05, 4.69) is 15.1 Å². The molecule has 0 aliphatic heterocycles. The third-order valence-electron chi connectivity index (χ3n) is 5.02. The van der Waals surface area contributed by atoms with Crippen LogP contribution in [0.25, 0.3) is 16.9 Å². The summed E-state index contributed by atoms with van der Waals surface area (Å²) in [6, 6.07) is 2.97. The summed E-state index contributed by atoms with van der Waals surface area (Å²) in [7, 11) is 3.64. The molecule has 1 aliphatic carbocycles. The van der Waals surface area contributed by atoms with E-state index in [1.165, 1.54) is 29.6 Å². The van der Waals surface area contributed by atoms with Crippen LogP contribution in [0.2, 0.25) is 0 Å². The van der Waals surface area contributed by atoms with Crippen LogP contribution in [0.15, 0.2) is 24.5 Å². The summed E-state index contributed by atoms with van der Waals surface area (Å²) in [5.41, 5.74) is 0.405. The number of ether oxygens (including phenoxy) is 1. The highest BCUT2D eigenvalue weighted by molar-refractivity contribution is 5.91. The Labute approximate surface area is 166 Å². The fraction of sp³-hybridized carbons (Fsp3) is 0.400. The summed E-state index contributed by atoms with van der Waals surface area (Å²) in [4.78, 5) is 21.8. The Kier molecular flexibility index (Phi) is 5.04. The van der Waals surface area contributed by atoms with Crippen LogP contribution in [0.4, 0.5) is 10.2 Å². The van der Waals surface area contributed by atoms with Gasteiger partial charge in [-0.05, 0) is 31.7 Å². The Bertz CT molecular complexity index is 1060. The molecule has 2 heterocycles. The number of carbonyl (C=O) groups is 1. The van der Waals surface area contributed by atoms with Gasteiger partial charge >= 0.3 is 5.97 Å². The molecule has 4 rings (SSSR count). The lowest BCUT2D eigenvalue weighted by Crippen LogP contribution is -2.20. The first-order valence-corrected chi connectivity index (χ1v) is 9.56. The van der Waals surface area contributed by atoms with E-state index in [1.54, 1.807) is 11.0 Å². The predicted octanol–water partition coefficient (Wildman–Crippen LogP) is 3.43. The first-order valence-electron chi connectivity index (χ1n) is 9.56. The molecule has 29 heavy (non-hydrogen) atoms. The maximum atomic E-state index is 14.8. The molecule has 1 fully saturated rings. The Hall–Kier alpha value is -3.23. The van der Waals surface area contributed by atoms with E-state index in [1.807, 2.05) is 14.1 Å². The zero-order valence-corrected chi connectivity index (χ0v) is 16.3. The summed E-state index contributed by atoms with van der Waals surface area (Å²) >= 11 is 0. The molecule has 0 unspecified atom stereocenters. The Morgan fingerprint density at radius 2 is 2.00 bits per heavy atom. The maximum Gasteiger partial charge on any atom is 0.338 e. The van der Waals surface area contributed by atoms with Crippen LogP contribution in [-0.2, 0) is 0 Å². The third-order valence-corrected chi connectivity index (χ3v) is 5.02. The van der Waals surface area contributed by atoms with Crippen LogP contribution in [-0.4, -0.2) is 51.0 Å². The van der Waals surface area contributed by atoms with Crippen molar-refractivity contribution >= 4 is 22.7 Å². The SMILES string of the molecule is CN(C)c1nc(-n2cc(C(=O)O)cn2)nc2cc(F)c(OC3CCCCC3)cc12. The van der Waals surface area contributed by atoms with Gasteiger partial charge in [0.1, 0.15) is 5.82 Å². The normalized spacial score (nSPS) is 14.9. The van der Waals surface area contributed by atoms with Crippen LogP contribution < -0.4 is 9.64 Å². The molecule has 1 aromatic carbocycles. The quantitative estimate of drug-likeness (QED) is 0.702. The number of benzene rings is 1. The lowest BCUT2D eigenvalue weighted by Gasteiger charge is -2.23. The molecule has 0 spiro atoms. The highest BCUT2D eigenvalue weighted by atomic mass is 19.1. The number of carboxylic acid groups (broad SMARTS) is 1. The number of hydrogen-bond donors (Lipinski definition) is 1. The molecule has 9 heteroatoms. The summed E-state index contributed by atoms with van der Waals surface area (Å²) in [6.45, 7) is 0. The molecule has 0 bridgehead atoms. The molecule has 0 amide bonds. The summed E-state index contributed by atoms with van der Waals surface area (Å²) in [5, 5.41) is 13.8. The van der Waals surface area contributed by atoms with Crippen LogP contribution in [0, 0.1) is 5.82 Å². The molecule has 152 valence electrons. The number of halogens is 1. The van der Waals surface area contributed by atoms with E-state index >= 15 is 0 Å². The van der Waals surface area contributed by atoms with Gasteiger partial charge in [0.2, 0.25) is 0 Å². The molecule has 1 saturated carbocycles. The Morgan fingerprint density at radius 1 is 1.24 bits per heavy atom. The third kappa shape index (κ3) is 3.85. The number of fused-ring (bicyclic) bond motifs is 1. The second kappa shape index (κ2) is 7.65. The first-order chi connectivity index (χ1) is 13.9. The molecular formula is C20H22FN5O3. The van der Waals surface area contributed by atoms with Gasteiger partial charge in [0.15, 0.2) is 11.6 Å². The number of anilines is 1. The summed E-state index contributed by atoms with van der Waals surface area (Å²) < 4.78 is 22.0. The average molecular weight is 399 g/mol. The molecule has 0 radical (unpaired) electrons. The van der Waals surface area contributed by atoms with Crippen LogP contribution in [0.5, 0.6) is 5.75 Å². The fourth-order valence-electron chi connectivity index (χ4n) is 3.54. The molecule has 8 nitrogen and oxygen atoms in total. The van der Waals surface area contributed by atoms with Gasteiger partial charge in [-0.3, -0.25) is 0 Å². The van der Waals surface area contributed by atoms with Gasteiger partial charge in [-0.2, -0.15) is 10.1 Å². The number of rotatable bonds is 5. The Morgan fingerprint density at radius 3 is 2.66 bits per heavy atom. The van der Waals surface area contributed by atoms with Crippen molar-refractivity contribution in [1.82, 2.24) is 19.7 Å². The predicted molar refractivity (Wildman–Crippen MR) is 105 cm³/mol. The molecule has 0 saturated heterocycles. The van der Waals surface area contributed by atoms with Gasteiger partial charge in [0, 0.05) is 31.7 Å². The van der Waals surface area contributed by atoms with Crippen molar-refractivity contribution in [3.63, 3.8) is 0 Å². The largest absolute Gasteiger partial charge is 0.487 e. The van der Waals surface area contributed by atoms with Crippen molar-refractivity contribution in [3.8, 4) is 11.7 Å². The van der Waals surface area contributed by atoms with E-state index in [4.69, 9.17) is 9.84 Å². The van der Waals surface area contributed by atoms with Gasteiger partial charge in [0.05, 0.1) is 23.4 Å². The van der Waals surface area contributed by atoms with Crippen molar-refractivity contribution in [3.05, 3.63) is 35.9 Å². The van der Waals surface area contributed by atoms with Gasteiger partial charge in [0.25, 0.3) is 5.95 Å². The standard InChI is InChI=1S/C20H22FN5O3/c1-25(2)18-14-8-17(29-13-6-4-3-5-7-13)15(21)9-16(14)23-20(24-18)26-11-12(10-22-26)19(27)28/h8-11,13H,3-7H2,1-2H3,(H,27,28). The second-order valence-electron chi connectivity index (χ2n) is 7.40. The van der Waals surface area contributed by atoms with E-state index in [-0.39, 0.29) is 23.4 Å². The minimum atomic E-state index is -1.10. The number of nitrogens with zero attached hydrogens (tertiary/aromatic N) is 5. The van der Waals surface area contributed by atoms with Crippen molar-refractivity contribution < 1.29 is 19.0 Å². The smallest absolute Gasteiger partial charge is 0.338 e. The lowest BCUT2D eigenvalue weighted by atomic mass is 9.98. The number of aromatic nitrogens is 4. The maximum absolute atomic E-state index is 14.8. The fourth-order valence-corrected chi connectivity index (χ4v) is 3.54. The monoisotopic (exact) mass is 399 g/mol. The molecular weight excluding hydrogens is 377 g/mol. The van der Waals surface area contributed by atoms with Gasteiger partial charge in [-0.25, -0.2) is 18.9 Å². The summed E-state index contributed by atoms with van der Waals surface area (Å²) in [6.07, 6.45) is 7.80. The minimum Gasteiger partial charge on any atom is -0.487 e. The number of hydrogen-bond acceptors (Lipinski definition) is 6. The van der Waals surface area contributed by atoms with Crippen LogP contribution in [0.1, 0.15) is 42.5 Å². The van der Waals surface area contributed by atoms with Crippen molar-refractivity contribution in [2.75, 3.05) is 19.0 Å². The van der Waals surface area contributed by atoms with Gasteiger partial charge in [-0.1, -0.05) is 6.42 Å². The zero-order valence-electron chi connectivity index (χ0n) is 16.3. The lowest BCUT2D eigenvalue weighted by molar-refractivity contribution is 0.0697. The molecule has 3 aromatic rings. The number of aromatic carboxylic acids is 1. The van der Waals surface area contributed by atoms with Gasteiger partial charge < -0.3 is 14.7 Å². The van der Waals surface area contributed by atoms with Crippen LogP contribution in [0.3, 0.4) is 0 Å². The Balaban J connectivity index is 1.77. The minimum absolute atomic E-state index is 0.0162. The highest BCUT2D eigenvalue weighted by Gasteiger charge is 2.20. The highest BCUT2D eigenvalue weighted by Crippen LogP contribution is 2.32. The zero-order chi connectivity index (χ0) is 20.5.